The van der Waals surface area contributed by atoms with Crippen molar-refractivity contribution in [1.29, 1.82) is 0 Å². The van der Waals surface area contributed by atoms with Crippen LogP contribution in [-0.4, -0.2) is 35.2 Å². The molecule has 18 heavy (non-hydrogen) atoms. The van der Waals surface area contributed by atoms with Crippen molar-refractivity contribution in [2.75, 3.05) is 13.2 Å². The number of hydrogen-bond acceptors (Lipinski definition) is 3. The van der Waals surface area contributed by atoms with Crippen molar-refractivity contribution in [2.45, 2.75) is 19.1 Å². The van der Waals surface area contributed by atoms with Gasteiger partial charge in [-0.05, 0) is 18.2 Å². The first-order chi connectivity index (χ1) is 8.61. The largest absolute Gasteiger partial charge is 0.487 e. The molecule has 0 radical (unpaired) electrons. The van der Waals surface area contributed by atoms with Crippen molar-refractivity contribution in [3.8, 4) is 5.75 Å². The third kappa shape index (κ3) is 1.60. The predicted octanol–water partition coefficient (Wildman–Crippen LogP) is 1.61. The third-order valence-corrected chi connectivity index (χ3v) is 3.97. The Morgan fingerprint density at radius 1 is 1.61 bits per heavy atom. The highest BCUT2D eigenvalue weighted by Crippen LogP contribution is 2.48. The van der Waals surface area contributed by atoms with Crippen LogP contribution in [0.1, 0.15) is 18.5 Å². The number of carbonyl (C=O) groups excluding carboxylic acids is 1. The lowest BCUT2D eigenvalue weighted by Crippen LogP contribution is -2.29. The van der Waals surface area contributed by atoms with Gasteiger partial charge in [0.05, 0.1) is 12.6 Å². The maximum atomic E-state index is 11.7. The minimum Gasteiger partial charge on any atom is -0.487 e. The highest BCUT2D eigenvalue weighted by atomic mass is 35.5. The number of aliphatic hydroxyl groups is 1. The van der Waals surface area contributed by atoms with E-state index in [1.165, 1.54) is 0 Å². The summed E-state index contributed by atoms with van der Waals surface area (Å²) in [5.41, 5.74) is 0.943. The number of benzene rings is 1. The van der Waals surface area contributed by atoms with E-state index in [1.807, 2.05) is 12.1 Å². The summed E-state index contributed by atoms with van der Waals surface area (Å²) in [7, 11) is 0. The minimum absolute atomic E-state index is 0.00243. The van der Waals surface area contributed by atoms with Gasteiger partial charge in [0.25, 0.3) is 0 Å². The maximum Gasteiger partial charge on any atom is 0.220 e. The normalized spacial score (nSPS) is 28.8. The van der Waals surface area contributed by atoms with Gasteiger partial charge in [0.2, 0.25) is 5.91 Å². The van der Waals surface area contributed by atoms with Crippen molar-refractivity contribution in [2.24, 2.45) is 5.92 Å². The molecule has 0 spiro atoms. The standard InChI is InChI=1S/C13H14ClNO3/c1-7(17)15-5-8(6-16)13-12(15)10-4-9(14)2-3-11(10)18-13/h2-4,8,12-13,16H,5-6H2,1H3/t8-,12-,13-/m0/s1. The SMILES string of the molecule is CC(=O)N1C[C@@H](CO)[C@@H]2Oc3ccc(Cl)cc3[C@@H]21. The van der Waals surface area contributed by atoms with E-state index < -0.39 is 0 Å². The lowest BCUT2D eigenvalue weighted by molar-refractivity contribution is -0.130. The molecule has 2 aliphatic heterocycles. The molecule has 3 atom stereocenters. The van der Waals surface area contributed by atoms with Crippen LogP contribution in [0.25, 0.3) is 0 Å². The van der Waals surface area contributed by atoms with Gasteiger partial charge in [0.1, 0.15) is 11.9 Å². The van der Waals surface area contributed by atoms with Gasteiger partial charge in [-0.2, -0.15) is 0 Å². The minimum atomic E-state index is -0.160. The second-order valence-corrected chi connectivity index (χ2v) is 5.26. The van der Waals surface area contributed by atoms with Crippen LogP contribution in [0.15, 0.2) is 18.2 Å². The number of ether oxygens (including phenoxy) is 1. The van der Waals surface area contributed by atoms with Crippen molar-refractivity contribution in [1.82, 2.24) is 4.90 Å². The first-order valence-electron chi connectivity index (χ1n) is 5.96. The number of hydrogen-bond donors (Lipinski definition) is 1. The molecule has 1 fully saturated rings. The molecule has 0 aliphatic carbocycles. The Kier molecular flexibility index (Phi) is 2.72. The number of rotatable bonds is 1. The zero-order valence-electron chi connectivity index (χ0n) is 9.97. The summed E-state index contributed by atoms with van der Waals surface area (Å²) in [4.78, 5) is 13.5. The zero-order valence-corrected chi connectivity index (χ0v) is 10.7. The topological polar surface area (TPSA) is 49.8 Å². The summed E-state index contributed by atoms with van der Waals surface area (Å²) < 4.78 is 5.86. The summed E-state index contributed by atoms with van der Waals surface area (Å²) in [6.07, 6.45) is -0.160. The first kappa shape index (κ1) is 11.8. The molecule has 96 valence electrons. The van der Waals surface area contributed by atoms with Gasteiger partial charge in [-0.15, -0.1) is 0 Å². The molecule has 3 rings (SSSR count). The van der Waals surface area contributed by atoms with E-state index in [9.17, 15) is 9.90 Å². The van der Waals surface area contributed by atoms with Crippen LogP contribution in [-0.2, 0) is 4.79 Å². The van der Waals surface area contributed by atoms with E-state index in [1.54, 1.807) is 17.9 Å². The fourth-order valence-corrected chi connectivity index (χ4v) is 3.08. The van der Waals surface area contributed by atoms with Crippen LogP contribution in [0, 0.1) is 5.92 Å². The second kappa shape index (κ2) is 4.14. The van der Waals surface area contributed by atoms with Crippen molar-refractivity contribution in [3.05, 3.63) is 28.8 Å². The smallest absolute Gasteiger partial charge is 0.220 e. The van der Waals surface area contributed by atoms with E-state index >= 15 is 0 Å². The van der Waals surface area contributed by atoms with E-state index in [4.69, 9.17) is 16.3 Å². The van der Waals surface area contributed by atoms with Crippen molar-refractivity contribution in [3.63, 3.8) is 0 Å². The Labute approximate surface area is 110 Å². The van der Waals surface area contributed by atoms with Gasteiger partial charge in [-0.3, -0.25) is 4.79 Å². The van der Waals surface area contributed by atoms with Crippen LogP contribution in [0.4, 0.5) is 0 Å². The van der Waals surface area contributed by atoms with Gasteiger partial charge < -0.3 is 14.7 Å². The second-order valence-electron chi connectivity index (χ2n) is 4.82. The van der Waals surface area contributed by atoms with Gasteiger partial charge in [0, 0.05) is 30.0 Å². The molecule has 5 heteroatoms. The van der Waals surface area contributed by atoms with Crippen LogP contribution in [0.5, 0.6) is 5.75 Å². The number of carbonyl (C=O) groups is 1. The molecule has 0 bridgehead atoms. The Morgan fingerprint density at radius 2 is 2.39 bits per heavy atom. The molecule has 2 aliphatic rings. The summed E-state index contributed by atoms with van der Waals surface area (Å²) in [5, 5.41) is 10.0. The maximum absolute atomic E-state index is 11.7. The lowest BCUT2D eigenvalue weighted by atomic mass is 9.99. The fourth-order valence-electron chi connectivity index (χ4n) is 2.90. The Bertz CT molecular complexity index is 505. The predicted molar refractivity (Wildman–Crippen MR) is 66.6 cm³/mol. The molecule has 2 heterocycles. The molecule has 1 saturated heterocycles. The highest BCUT2D eigenvalue weighted by molar-refractivity contribution is 6.30. The third-order valence-electron chi connectivity index (χ3n) is 3.74. The van der Waals surface area contributed by atoms with E-state index in [2.05, 4.69) is 0 Å². The van der Waals surface area contributed by atoms with Gasteiger partial charge in [0.15, 0.2) is 0 Å². The monoisotopic (exact) mass is 267 g/mol. The van der Waals surface area contributed by atoms with Crippen molar-refractivity contribution < 1.29 is 14.6 Å². The Hall–Kier alpha value is -1.26. The van der Waals surface area contributed by atoms with E-state index in [0.29, 0.717) is 11.6 Å². The number of amides is 1. The summed E-state index contributed by atoms with van der Waals surface area (Å²) in [6.45, 7) is 2.10. The molecule has 0 saturated carbocycles. The molecule has 4 nitrogen and oxygen atoms in total. The number of likely N-dealkylation sites (tertiary alicyclic amines) is 1. The molecular weight excluding hydrogens is 254 g/mol. The Morgan fingerprint density at radius 3 is 3.06 bits per heavy atom. The molecule has 1 N–H and O–H groups in total. The lowest BCUT2D eigenvalue weighted by Gasteiger charge is -2.21. The number of halogens is 1. The quantitative estimate of drug-likeness (QED) is 0.841. The number of fused-ring (bicyclic) bond motifs is 3. The van der Waals surface area contributed by atoms with Crippen molar-refractivity contribution >= 4 is 17.5 Å². The van der Waals surface area contributed by atoms with Gasteiger partial charge >= 0.3 is 0 Å². The molecule has 1 aromatic rings. The Balaban J connectivity index is 2.04. The highest BCUT2D eigenvalue weighted by Gasteiger charge is 2.50. The van der Waals surface area contributed by atoms with Gasteiger partial charge in [-0.25, -0.2) is 0 Å². The van der Waals surface area contributed by atoms with Crippen LogP contribution in [0.2, 0.25) is 5.02 Å². The van der Waals surface area contributed by atoms with E-state index in [-0.39, 0.29) is 30.6 Å². The van der Waals surface area contributed by atoms with E-state index in [0.717, 1.165) is 11.3 Å². The average Bonchev–Trinajstić information content (AvgIpc) is 2.85. The van der Waals surface area contributed by atoms with Crippen LogP contribution in [0.3, 0.4) is 0 Å². The fraction of sp³-hybridized carbons (Fsp3) is 0.462. The number of nitrogens with zero attached hydrogens (tertiary/aromatic N) is 1. The molecule has 1 aromatic carbocycles. The molecule has 1 amide bonds. The number of aliphatic hydroxyl groups excluding tert-OH is 1. The molecule has 0 aromatic heterocycles. The molecule has 0 unspecified atom stereocenters. The average molecular weight is 268 g/mol. The van der Waals surface area contributed by atoms with Crippen LogP contribution >= 0.6 is 11.6 Å². The summed E-state index contributed by atoms with van der Waals surface area (Å²) in [6, 6.07) is 5.32. The van der Waals surface area contributed by atoms with Crippen LogP contribution < -0.4 is 4.74 Å². The zero-order chi connectivity index (χ0) is 12.9. The first-order valence-corrected chi connectivity index (χ1v) is 6.34. The molecular formula is C13H14ClNO3. The summed E-state index contributed by atoms with van der Waals surface area (Å²) in [5.74, 6) is 0.723. The summed E-state index contributed by atoms with van der Waals surface area (Å²) >= 11 is 6.00. The van der Waals surface area contributed by atoms with Gasteiger partial charge in [-0.1, -0.05) is 11.6 Å².